The Hall–Kier alpha value is -1.95. The molecule has 3 fully saturated rings. The van der Waals surface area contributed by atoms with Crippen molar-refractivity contribution in [2.75, 3.05) is 4.90 Å². The molecule has 3 amide bonds. The Kier molecular flexibility index (Phi) is 3.88. The molecule has 0 spiro atoms. The van der Waals surface area contributed by atoms with Crippen molar-refractivity contribution in [2.24, 2.45) is 29.4 Å². The van der Waals surface area contributed by atoms with Gasteiger partial charge in [-0.25, -0.2) is 4.90 Å². The summed E-state index contributed by atoms with van der Waals surface area (Å²) >= 11 is 1.34. The second kappa shape index (κ2) is 5.78. The Bertz CT molecular complexity index is 846. The van der Waals surface area contributed by atoms with E-state index in [2.05, 4.69) is 13.8 Å². The molecule has 0 unspecified atom stereocenters. The maximum absolute atomic E-state index is 13.3. The summed E-state index contributed by atoms with van der Waals surface area (Å²) in [5.41, 5.74) is 9.40. The normalized spacial score (nSPS) is 29.7. The van der Waals surface area contributed by atoms with Gasteiger partial charge in [0, 0.05) is 4.88 Å². The van der Waals surface area contributed by atoms with Crippen molar-refractivity contribution in [3.05, 3.63) is 27.2 Å². The minimum atomic E-state index is -0.563. The lowest BCUT2D eigenvalue weighted by atomic mass is 9.81. The molecule has 1 aliphatic heterocycles. The molecule has 6 heteroatoms. The van der Waals surface area contributed by atoms with Crippen molar-refractivity contribution < 1.29 is 14.4 Å². The van der Waals surface area contributed by atoms with E-state index in [4.69, 9.17) is 5.73 Å². The third-order valence-electron chi connectivity index (χ3n) is 6.42. The van der Waals surface area contributed by atoms with E-state index in [0.717, 1.165) is 23.3 Å². The van der Waals surface area contributed by atoms with Gasteiger partial charge in [-0.15, -0.1) is 11.3 Å². The Morgan fingerprint density at radius 1 is 1.15 bits per heavy atom. The predicted octanol–water partition coefficient (Wildman–Crippen LogP) is 3.20. The zero-order chi connectivity index (χ0) is 18.9. The number of amides is 3. The van der Waals surface area contributed by atoms with Gasteiger partial charge in [0.25, 0.3) is 5.91 Å². The van der Waals surface area contributed by atoms with E-state index in [1.54, 1.807) is 0 Å². The highest BCUT2D eigenvalue weighted by molar-refractivity contribution is 7.17. The predicted molar refractivity (Wildman–Crippen MR) is 101 cm³/mol. The van der Waals surface area contributed by atoms with Gasteiger partial charge in [-0.2, -0.15) is 0 Å². The van der Waals surface area contributed by atoms with Gasteiger partial charge in [-0.05, 0) is 57.4 Å². The fraction of sp³-hybridized carbons (Fsp3) is 0.550. The number of hydrogen-bond acceptors (Lipinski definition) is 4. The summed E-state index contributed by atoms with van der Waals surface area (Å²) in [6.07, 6.45) is 2.61. The van der Waals surface area contributed by atoms with Crippen molar-refractivity contribution in [3.63, 3.8) is 0 Å². The number of nitrogens with two attached hydrogens (primary N) is 1. The monoisotopic (exact) mass is 372 g/mol. The van der Waals surface area contributed by atoms with Crippen molar-refractivity contribution in [2.45, 2.75) is 47.0 Å². The molecule has 138 valence electrons. The second-order valence-corrected chi connectivity index (χ2v) is 9.05. The quantitative estimate of drug-likeness (QED) is 0.653. The number of anilines is 1. The van der Waals surface area contributed by atoms with Crippen LogP contribution in [0.3, 0.4) is 0 Å². The van der Waals surface area contributed by atoms with Gasteiger partial charge >= 0.3 is 0 Å². The molecule has 3 aliphatic rings. The maximum atomic E-state index is 13.3. The van der Waals surface area contributed by atoms with Crippen LogP contribution < -0.4 is 10.6 Å². The lowest BCUT2D eigenvalue weighted by molar-refractivity contribution is -0.122. The van der Waals surface area contributed by atoms with Gasteiger partial charge in [-0.3, -0.25) is 14.4 Å². The number of carbonyl (C=O) groups is 3. The fourth-order valence-electron chi connectivity index (χ4n) is 5.59. The van der Waals surface area contributed by atoms with Crippen molar-refractivity contribution >= 4 is 34.1 Å². The molecule has 1 aromatic rings. The van der Waals surface area contributed by atoms with E-state index in [1.807, 2.05) is 13.8 Å². The molecule has 4 rings (SSSR count). The van der Waals surface area contributed by atoms with Crippen LogP contribution in [0.15, 0.2) is 11.1 Å². The van der Waals surface area contributed by atoms with Gasteiger partial charge in [0.05, 0.1) is 17.4 Å². The molecule has 4 atom stereocenters. The van der Waals surface area contributed by atoms with Gasteiger partial charge in [0.15, 0.2) is 0 Å². The zero-order valence-electron chi connectivity index (χ0n) is 15.6. The Balaban J connectivity index is 1.82. The minimum absolute atomic E-state index is 0.141. The first-order chi connectivity index (χ1) is 12.3. The fourth-order valence-corrected chi connectivity index (χ4v) is 6.85. The molecule has 2 aliphatic carbocycles. The van der Waals surface area contributed by atoms with E-state index in [1.165, 1.54) is 27.4 Å². The van der Waals surface area contributed by atoms with Crippen LogP contribution in [0, 0.1) is 30.6 Å². The number of primary amides is 1. The number of carbonyl (C=O) groups excluding carboxylic acids is 3. The highest BCUT2D eigenvalue weighted by Crippen LogP contribution is 2.61. The maximum Gasteiger partial charge on any atom is 0.252 e. The second-order valence-electron chi connectivity index (χ2n) is 7.84. The number of aryl methyl sites for hydroxylation is 1. The van der Waals surface area contributed by atoms with Crippen molar-refractivity contribution in [3.8, 4) is 0 Å². The molecule has 5 nitrogen and oxygen atoms in total. The molecular weight excluding hydrogens is 348 g/mol. The Morgan fingerprint density at radius 3 is 2.12 bits per heavy atom. The lowest BCUT2D eigenvalue weighted by Crippen LogP contribution is -2.34. The smallest absolute Gasteiger partial charge is 0.252 e. The molecule has 26 heavy (non-hydrogen) atoms. The summed E-state index contributed by atoms with van der Waals surface area (Å²) in [5.74, 6) is -1.01. The topological polar surface area (TPSA) is 80.5 Å². The van der Waals surface area contributed by atoms with E-state index in [-0.39, 0.29) is 35.5 Å². The molecular formula is C20H24N2O3S. The first-order valence-electron chi connectivity index (χ1n) is 9.26. The molecule has 1 aromatic heterocycles. The van der Waals surface area contributed by atoms with Gasteiger partial charge < -0.3 is 5.73 Å². The number of fused-ring (bicyclic) bond motifs is 5. The third kappa shape index (κ3) is 2.05. The number of nitrogens with zero attached hydrogens (tertiary/aromatic N) is 1. The molecule has 0 aromatic carbocycles. The lowest BCUT2D eigenvalue weighted by Gasteiger charge is -2.18. The third-order valence-corrected chi connectivity index (χ3v) is 7.56. The summed E-state index contributed by atoms with van der Waals surface area (Å²) in [7, 11) is 0. The Labute approximate surface area is 157 Å². The van der Waals surface area contributed by atoms with Crippen molar-refractivity contribution in [1.82, 2.24) is 0 Å². The molecule has 0 radical (unpaired) electrons. The van der Waals surface area contributed by atoms with E-state index in [9.17, 15) is 14.4 Å². The average Bonchev–Trinajstić information content (AvgIpc) is 3.27. The molecule has 2 bridgehead atoms. The van der Waals surface area contributed by atoms with Crippen LogP contribution in [0.1, 0.15) is 54.4 Å². The zero-order valence-corrected chi connectivity index (χ0v) is 16.4. The molecule has 2 saturated carbocycles. The number of imide groups is 1. The average molecular weight is 372 g/mol. The summed E-state index contributed by atoms with van der Waals surface area (Å²) < 4.78 is 0. The van der Waals surface area contributed by atoms with Crippen LogP contribution in [-0.2, 0) is 16.0 Å². The summed E-state index contributed by atoms with van der Waals surface area (Å²) in [5, 5.41) is 0.439. The first kappa shape index (κ1) is 17.5. The standard InChI is InChI=1S/C20H24N2O3S/c1-5-10-9(4)26-20(16(10)17(21)23)22-18(24)14-11-6-7-12(13(11)8(2)3)15(14)19(22)25/h11-12,14-15H,5-7H2,1-4H3,(H2,21,23)/t11-,12-,14+,15+/m0/s1. The number of thiophene rings is 1. The van der Waals surface area contributed by atoms with E-state index < -0.39 is 5.91 Å². The number of allylic oxidation sites excluding steroid dienone is 2. The summed E-state index contributed by atoms with van der Waals surface area (Å²) in [4.78, 5) is 40.9. The van der Waals surface area contributed by atoms with Crippen LogP contribution in [0.25, 0.3) is 0 Å². The van der Waals surface area contributed by atoms with Gasteiger partial charge in [0.2, 0.25) is 11.8 Å². The van der Waals surface area contributed by atoms with Crippen LogP contribution in [0.4, 0.5) is 5.00 Å². The molecule has 2 N–H and O–H groups in total. The number of rotatable bonds is 3. The van der Waals surface area contributed by atoms with Crippen LogP contribution in [-0.4, -0.2) is 17.7 Å². The minimum Gasteiger partial charge on any atom is -0.365 e. The molecule has 1 saturated heterocycles. The first-order valence-corrected chi connectivity index (χ1v) is 10.1. The molecule has 2 heterocycles. The highest BCUT2D eigenvalue weighted by Gasteiger charge is 2.64. The highest BCUT2D eigenvalue weighted by atomic mass is 32.1. The van der Waals surface area contributed by atoms with Crippen molar-refractivity contribution in [1.29, 1.82) is 0 Å². The van der Waals surface area contributed by atoms with Gasteiger partial charge in [0.1, 0.15) is 5.00 Å². The summed E-state index contributed by atoms with van der Waals surface area (Å²) in [6.45, 7) is 8.02. The van der Waals surface area contributed by atoms with Gasteiger partial charge in [-0.1, -0.05) is 18.1 Å². The summed E-state index contributed by atoms with van der Waals surface area (Å²) in [6, 6.07) is 0. The number of hydrogen-bond donors (Lipinski definition) is 1. The largest absolute Gasteiger partial charge is 0.365 e. The van der Waals surface area contributed by atoms with Crippen LogP contribution in [0.5, 0.6) is 0 Å². The Morgan fingerprint density at radius 2 is 1.69 bits per heavy atom. The van der Waals surface area contributed by atoms with Crippen LogP contribution >= 0.6 is 11.3 Å². The van der Waals surface area contributed by atoms with E-state index in [0.29, 0.717) is 17.0 Å². The van der Waals surface area contributed by atoms with Crippen LogP contribution in [0.2, 0.25) is 0 Å². The SMILES string of the molecule is CCc1c(C)sc(N2C(=O)[C@H]3[C@H](C2=O)[C@H]2CC[C@H]3C2=C(C)C)c1C(N)=O. The van der Waals surface area contributed by atoms with E-state index >= 15 is 0 Å².